The Morgan fingerprint density at radius 3 is 2.71 bits per heavy atom. The topological polar surface area (TPSA) is 75.5 Å². The lowest BCUT2D eigenvalue weighted by Crippen LogP contribution is -2.48. The molecule has 0 bridgehead atoms. The maximum atomic E-state index is 11.1. The molecule has 0 aliphatic heterocycles. The summed E-state index contributed by atoms with van der Waals surface area (Å²) >= 11 is 0. The molecule has 94 valence electrons. The van der Waals surface area contributed by atoms with Gasteiger partial charge in [0.2, 0.25) is 5.88 Å². The summed E-state index contributed by atoms with van der Waals surface area (Å²) in [6.07, 6.45) is 3.00. The van der Waals surface area contributed by atoms with Gasteiger partial charge in [0.1, 0.15) is 5.54 Å². The molecule has 0 aromatic carbocycles. The number of anilines is 1. The normalized spacial score (nSPS) is 11.1. The molecule has 0 amide bonds. The van der Waals surface area contributed by atoms with Crippen molar-refractivity contribution in [2.24, 2.45) is 0 Å². The zero-order valence-electron chi connectivity index (χ0n) is 10.5. The molecule has 0 atom stereocenters. The van der Waals surface area contributed by atoms with Gasteiger partial charge in [-0.25, -0.2) is 4.79 Å². The molecule has 0 fully saturated rings. The molecule has 1 rings (SSSR count). The van der Waals surface area contributed by atoms with E-state index in [2.05, 4.69) is 9.97 Å². The van der Waals surface area contributed by atoms with Crippen molar-refractivity contribution in [2.45, 2.75) is 26.3 Å². The molecule has 1 aromatic heterocycles. The van der Waals surface area contributed by atoms with Crippen molar-refractivity contribution < 1.29 is 14.6 Å². The Morgan fingerprint density at radius 2 is 2.18 bits per heavy atom. The van der Waals surface area contributed by atoms with E-state index < -0.39 is 11.5 Å². The minimum atomic E-state index is -1.06. The summed E-state index contributed by atoms with van der Waals surface area (Å²) in [6, 6.07) is 0. The van der Waals surface area contributed by atoms with Crippen LogP contribution >= 0.6 is 0 Å². The summed E-state index contributed by atoms with van der Waals surface area (Å²) < 4.78 is 5.22. The van der Waals surface area contributed by atoms with Crippen LogP contribution in [-0.4, -0.2) is 40.2 Å². The van der Waals surface area contributed by atoms with Crippen molar-refractivity contribution in [3.05, 3.63) is 12.4 Å². The summed E-state index contributed by atoms with van der Waals surface area (Å²) in [5.41, 5.74) is -1.06. The highest BCUT2D eigenvalue weighted by Crippen LogP contribution is 2.21. The predicted molar refractivity (Wildman–Crippen MR) is 63.3 cm³/mol. The largest absolute Gasteiger partial charge is 0.480 e. The molecule has 0 aliphatic carbocycles. The van der Waals surface area contributed by atoms with Crippen LogP contribution in [0.1, 0.15) is 20.8 Å². The number of carboxylic acid groups (broad SMARTS) is 1. The third-order valence-electron chi connectivity index (χ3n) is 2.60. The van der Waals surface area contributed by atoms with E-state index in [-0.39, 0.29) is 0 Å². The van der Waals surface area contributed by atoms with Gasteiger partial charge in [-0.3, -0.25) is 4.98 Å². The second-order valence-corrected chi connectivity index (χ2v) is 4.07. The van der Waals surface area contributed by atoms with Crippen molar-refractivity contribution in [1.29, 1.82) is 0 Å². The Bertz CT molecular complexity index is 407. The molecule has 0 aliphatic rings. The molecule has 0 saturated carbocycles. The first-order chi connectivity index (χ1) is 7.89. The van der Waals surface area contributed by atoms with Crippen molar-refractivity contribution >= 4 is 11.8 Å². The third-order valence-corrected chi connectivity index (χ3v) is 2.60. The molecular formula is C11H17N3O3. The number of aliphatic carboxylic acids is 1. The maximum Gasteiger partial charge on any atom is 0.328 e. The number of carboxylic acids is 1. The van der Waals surface area contributed by atoms with Crippen LogP contribution in [0.3, 0.4) is 0 Å². The maximum absolute atomic E-state index is 11.1. The Kier molecular flexibility index (Phi) is 3.88. The molecule has 1 N–H and O–H groups in total. The zero-order valence-corrected chi connectivity index (χ0v) is 10.5. The first kappa shape index (κ1) is 13.2. The Hall–Kier alpha value is -1.85. The highest BCUT2D eigenvalue weighted by Gasteiger charge is 2.33. The van der Waals surface area contributed by atoms with Crippen LogP contribution in [0.2, 0.25) is 0 Å². The fourth-order valence-electron chi connectivity index (χ4n) is 1.15. The molecule has 0 saturated heterocycles. The van der Waals surface area contributed by atoms with E-state index in [1.165, 1.54) is 12.4 Å². The number of likely N-dealkylation sites (N-methyl/N-ethyl adjacent to an activating group) is 1. The van der Waals surface area contributed by atoms with Gasteiger partial charge in [-0.05, 0) is 20.8 Å². The summed E-state index contributed by atoms with van der Waals surface area (Å²) in [5, 5.41) is 9.12. The predicted octanol–water partition coefficient (Wildman–Crippen LogP) is 1.17. The van der Waals surface area contributed by atoms with Crippen LogP contribution in [0.4, 0.5) is 5.82 Å². The van der Waals surface area contributed by atoms with Crippen LogP contribution in [0.15, 0.2) is 12.4 Å². The summed E-state index contributed by atoms with van der Waals surface area (Å²) in [5.74, 6) is -0.0787. The monoisotopic (exact) mass is 239 g/mol. The molecule has 1 heterocycles. The van der Waals surface area contributed by atoms with E-state index in [1.807, 2.05) is 6.92 Å². The van der Waals surface area contributed by atoms with E-state index in [4.69, 9.17) is 9.84 Å². The van der Waals surface area contributed by atoms with E-state index in [0.717, 1.165) is 0 Å². The van der Waals surface area contributed by atoms with Gasteiger partial charge >= 0.3 is 5.97 Å². The molecule has 6 heteroatoms. The lowest BCUT2D eigenvalue weighted by molar-refractivity contribution is -0.142. The molecule has 0 unspecified atom stereocenters. The van der Waals surface area contributed by atoms with Gasteiger partial charge in [-0.2, -0.15) is 4.98 Å². The number of aromatic nitrogens is 2. The number of hydrogen-bond acceptors (Lipinski definition) is 5. The second kappa shape index (κ2) is 4.99. The first-order valence-corrected chi connectivity index (χ1v) is 5.31. The fourth-order valence-corrected chi connectivity index (χ4v) is 1.15. The SMILES string of the molecule is CCOc1cncc(N(C)C(C)(C)C(=O)O)n1. The number of rotatable bonds is 5. The highest BCUT2D eigenvalue weighted by molar-refractivity contribution is 5.81. The molecule has 6 nitrogen and oxygen atoms in total. The second-order valence-electron chi connectivity index (χ2n) is 4.07. The van der Waals surface area contributed by atoms with Crippen LogP contribution in [0.25, 0.3) is 0 Å². The van der Waals surface area contributed by atoms with E-state index in [0.29, 0.717) is 18.3 Å². The number of hydrogen-bond donors (Lipinski definition) is 1. The van der Waals surface area contributed by atoms with Crippen LogP contribution in [0, 0.1) is 0 Å². The van der Waals surface area contributed by atoms with Crippen molar-refractivity contribution in [2.75, 3.05) is 18.6 Å². The van der Waals surface area contributed by atoms with E-state index in [1.54, 1.807) is 25.8 Å². The quantitative estimate of drug-likeness (QED) is 0.831. The highest BCUT2D eigenvalue weighted by atomic mass is 16.5. The standard InChI is InChI=1S/C11H17N3O3/c1-5-17-9-7-12-6-8(13-9)14(4)11(2,3)10(15)16/h6-7H,5H2,1-4H3,(H,15,16). The van der Waals surface area contributed by atoms with Gasteiger partial charge in [0.25, 0.3) is 0 Å². The number of ether oxygens (including phenoxy) is 1. The van der Waals surface area contributed by atoms with Gasteiger partial charge in [-0.15, -0.1) is 0 Å². The van der Waals surface area contributed by atoms with E-state index >= 15 is 0 Å². The Balaban J connectivity index is 2.99. The van der Waals surface area contributed by atoms with E-state index in [9.17, 15) is 4.79 Å². The van der Waals surface area contributed by atoms with Crippen LogP contribution in [0.5, 0.6) is 5.88 Å². The molecule has 1 aromatic rings. The van der Waals surface area contributed by atoms with Gasteiger partial charge in [0.05, 0.1) is 19.0 Å². The molecular weight excluding hydrogens is 222 g/mol. The minimum Gasteiger partial charge on any atom is -0.480 e. The third kappa shape index (κ3) is 2.83. The average molecular weight is 239 g/mol. The van der Waals surface area contributed by atoms with Gasteiger partial charge in [-0.1, -0.05) is 0 Å². The fraction of sp³-hybridized carbons (Fsp3) is 0.545. The lowest BCUT2D eigenvalue weighted by atomic mass is 10.0. The summed E-state index contributed by atoms with van der Waals surface area (Å²) in [4.78, 5) is 20.8. The Morgan fingerprint density at radius 1 is 1.53 bits per heavy atom. The zero-order chi connectivity index (χ0) is 13.1. The van der Waals surface area contributed by atoms with Crippen molar-refractivity contribution in [3.8, 4) is 5.88 Å². The number of nitrogens with zero attached hydrogens (tertiary/aromatic N) is 3. The molecule has 0 spiro atoms. The number of carbonyl (C=O) groups is 1. The van der Waals surface area contributed by atoms with Crippen molar-refractivity contribution in [1.82, 2.24) is 9.97 Å². The minimum absolute atomic E-state index is 0.387. The molecule has 17 heavy (non-hydrogen) atoms. The Labute approximate surface area is 100 Å². The van der Waals surface area contributed by atoms with Gasteiger partial charge < -0.3 is 14.7 Å². The average Bonchev–Trinajstić information content (AvgIpc) is 2.28. The smallest absolute Gasteiger partial charge is 0.328 e. The lowest BCUT2D eigenvalue weighted by Gasteiger charge is -2.32. The van der Waals surface area contributed by atoms with Crippen LogP contribution < -0.4 is 9.64 Å². The summed E-state index contributed by atoms with van der Waals surface area (Å²) in [6.45, 7) is 5.54. The van der Waals surface area contributed by atoms with Gasteiger partial charge in [0.15, 0.2) is 5.82 Å². The first-order valence-electron chi connectivity index (χ1n) is 5.31. The summed E-state index contributed by atoms with van der Waals surface area (Å²) in [7, 11) is 1.66. The molecule has 0 radical (unpaired) electrons. The van der Waals surface area contributed by atoms with Crippen LogP contribution in [-0.2, 0) is 4.79 Å². The van der Waals surface area contributed by atoms with Crippen molar-refractivity contribution in [3.63, 3.8) is 0 Å². The van der Waals surface area contributed by atoms with Gasteiger partial charge in [0, 0.05) is 7.05 Å².